The molecule has 1 aromatic heterocycles. The highest BCUT2D eigenvalue weighted by Gasteiger charge is 2.35. The second-order valence-corrected chi connectivity index (χ2v) is 12.1. The average molecular weight is 562 g/mol. The van der Waals surface area contributed by atoms with E-state index < -0.39 is 5.82 Å². The van der Waals surface area contributed by atoms with Gasteiger partial charge in [-0.3, -0.25) is 0 Å². The smallest absolute Gasteiger partial charge is 0.319 e. The number of phenols is 1. The Bertz CT molecular complexity index is 1600. The molecule has 3 aliphatic rings. The first-order chi connectivity index (χ1) is 19.3. The van der Waals surface area contributed by atoms with E-state index in [-0.39, 0.29) is 34.0 Å². The second-order valence-electron chi connectivity index (χ2n) is 11.7. The fourth-order valence-corrected chi connectivity index (χ4v) is 7.11. The highest BCUT2D eigenvalue weighted by atomic mass is 35.5. The molecule has 0 radical (unpaired) electrons. The van der Waals surface area contributed by atoms with Crippen LogP contribution in [0.4, 0.5) is 10.2 Å². The monoisotopic (exact) mass is 561 g/mol. The lowest BCUT2D eigenvalue weighted by Crippen LogP contribution is -2.51. The minimum Gasteiger partial charge on any atom is -0.508 e. The highest BCUT2D eigenvalue weighted by Crippen LogP contribution is 2.43. The predicted octanol–water partition coefficient (Wildman–Crippen LogP) is 5.75. The maximum Gasteiger partial charge on any atom is 0.319 e. The van der Waals surface area contributed by atoms with Crippen LogP contribution in [0.5, 0.6) is 11.8 Å². The Morgan fingerprint density at radius 3 is 2.55 bits per heavy atom. The molecule has 2 bridgehead atoms. The third kappa shape index (κ3) is 4.52. The number of anilines is 1. The van der Waals surface area contributed by atoms with Crippen molar-refractivity contribution in [3.63, 3.8) is 0 Å². The van der Waals surface area contributed by atoms with Crippen molar-refractivity contribution >= 4 is 39.1 Å². The van der Waals surface area contributed by atoms with Gasteiger partial charge in [0.15, 0.2) is 5.82 Å². The summed E-state index contributed by atoms with van der Waals surface area (Å²) < 4.78 is 23.1. The number of nitrogens with zero attached hydrogens (tertiary/aromatic N) is 4. The molecule has 0 amide bonds. The van der Waals surface area contributed by atoms with E-state index in [4.69, 9.17) is 21.3 Å². The predicted molar refractivity (Wildman–Crippen MR) is 157 cm³/mol. The molecule has 2 unspecified atom stereocenters. The molecule has 9 heteroatoms. The van der Waals surface area contributed by atoms with Crippen molar-refractivity contribution in [2.75, 3.05) is 32.1 Å². The first-order valence-corrected chi connectivity index (χ1v) is 14.5. The van der Waals surface area contributed by atoms with Crippen LogP contribution in [0.15, 0.2) is 42.5 Å². The molecule has 4 aromatic rings. The van der Waals surface area contributed by atoms with Gasteiger partial charge in [0, 0.05) is 42.2 Å². The van der Waals surface area contributed by atoms with E-state index in [1.165, 1.54) is 0 Å². The molecule has 0 spiro atoms. The number of ether oxygens (including phenoxy) is 1. The summed E-state index contributed by atoms with van der Waals surface area (Å²) in [5.41, 5.74) is 0.915. The summed E-state index contributed by atoms with van der Waals surface area (Å²) in [4.78, 5) is 14.0. The van der Waals surface area contributed by atoms with Gasteiger partial charge >= 0.3 is 6.01 Å². The summed E-state index contributed by atoms with van der Waals surface area (Å²) in [5, 5.41) is 16.6. The molecule has 7 nitrogen and oxygen atoms in total. The van der Waals surface area contributed by atoms with Crippen LogP contribution in [0.3, 0.4) is 0 Å². The fourth-order valence-electron chi connectivity index (χ4n) is 6.81. The number of hydrogen-bond donors (Lipinski definition) is 2. The van der Waals surface area contributed by atoms with Gasteiger partial charge in [-0.15, -0.1) is 0 Å². The molecule has 4 atom stereocenters. The van der Waals surface area contributed by atoms with Crippen LogP contribution >= 0.6 is 11.6 Å². The van der Waals surface area contributed by atoms with Crippen molar-refractivity contribution in [3.05, 3.63) is 53.3 Å². The Morgan fingerprint density at radius 2 is 1.80 bits per heavy atom. The summed E-state index contributed by atoms with van der Waals surface area (Å²) in [6.07, 6.45) is 5.03. The Balaban J connectivity index is 1.39. The maximum absolute atomic E-state index is 16.7. The van der Waals surface area contributed by atoms with Crippen LogP contribution < -0.4 is 15.0 Å². The van der Waals surface area contributed by atoms with Gasteiger partial charge in [0.1, 0.15) is 23.2 Å². The first kappa shape index (κ1) is 25.7. The molecule has 208 valence electrons. The Hall–Kier alpha value is -3.20. The zero-order valence-electron chi connectivity index (χ0n) is 22.7. The van der Waals surface area contributed by atoms with Crippen LogP contribution in [0, 0.1) is 5.82 Å². The highest BCUT2D eigenvalue weighted by molar-refractivity contribution is 6.35. The van der Waals surface area contributed by atoms with Crippen LogP contribution in [0.1, 0.15) is 32.1 Å². The third-order valence-corrected chi connectivity index (χ3v) is 9.13. The van der Waals surface area contributed by atoms with Crippen molar-refractivity contribution in [2.24, 2.45) is 0 Å². The number of phenolic OH excluding ortho intramolecular Hbond substituents is 1. The van der Waals surface area contributed by atoms with Crippen LogP contribution in [0.2, 0.25) is 5.02 Å². The number of aromatic hydroxyl groups is 1. The average Bonchev–Trinajstić information content (AvgIpc) is 3.54. The van der Waals surface area contributed by atoms with Crippen LogP contribution in [-0.2, 0) is 0 Å². The molecular weight excluding hydrogens is 529 g/mol. The summed E-state index contributed by atoms with van der Waals surface area (Å²) in [6.45, 7) is 1.57. The van der Waals surface area contributed by atoms with Gasteiger partial charge in [-0.25, -0.2) is 4.39 Å². The van der Waals surface area contributed by atoms with Crippen molar-refractivity contribution in [1.29, 1.82) is 0 Å². The molecule has 2 saturated heterocycles. The van der Waals surface area contributed by atoms with Gasteiger partial charge < -0.3 is 25.0 Å². The molecular formula is C31H33ClFN5O2. The second kappa shape index (κ2) is 10.0. The lowest BCUT2D eigenvalue weighted by molar-refractivity contribution is 0.179. The first-order valence-electron chi connectivity index (χ1n) is 14.1. The van der Waals surface area contributed by atoms with Gasteiger partial charge in [-0.1, -0.05) is 35.9 Å². The number of hydrogen-bond acceptors (Lipinski definition) is 7. The van der Waals surface area contributed by atoms with Crippen LogP contribution in [-0.4, -0.2) is 71.4 Å². The van der Waals surface area contributed by atoms with E-state index in [1.807, 2.05) is 24.3 Å². The number of aromatic nitrogens is 2. The zero-order chi connectivity index (χ0) is 27.5. The number of rotatable bonds is 5. The summed E-state index contributed by atoms with van der Waals surface area (Å²) >= 11 is 6.86. The summed E-state index contributed by atoms with van der Waals surface area (Å²) in [6, 6.07) is 14.0. The molecule has 2 aliphatic heterocycles. The standard InChI is InChI=1S/C31H33ClFN5O2/c1-37(2)20-9-10-22(12-20)40-31-35-29-25(30(36-31)38-15-18-7-8-19(16-38)34-18)14-26(32)27(28(29)33)24-13-21(39)11-17-5-3-4-6-23(17)24/h3-6,11,13-14,18-20,22,34,39H,7-10,12,15-16H2,1-2H3/t18?,19?,20-,22-/m0/s1. The maximum atomic E-state index is 16.7. The van der Waals surface area contributed by atoms with Crippen molar-refractivity contribution in [1.82, 2.24) is 20.2 Å². The van der Waals surface area contributed by atoms with Gasteiger partial charge in [0.25, 0.3) is 0 Å². The number of nitrogens with one attached hydrogen (secondary N) is 1. The number of benzene rings is 3. The third-order valence-electron chi connectivity index (χ3n) is 8.83. The van der Waals surface area contributed by atoms with Gasteiger partial charge in [0.05, 0.1) is 5.02 Å². The Kier molecular flexibility index (Phi) is 6.45. The number of halogens is 2. The zero-order valence-corrected chi connectivity index (χ0v) is 23.5. The van der Waals surface area contributed by atoms with E-state index >= 15 is 4.39 Å². The van der Waals surface area contributed by atoms with Gasteiger partial charge in [-0.2, -0.15) is 9.97 Å². The molecule has 1 aliphatic carbocycles. The lowest BCUT2D eigenvalue weighted by Gasteiger charge is -2.34. The molecule has 40 heavy (non-hydrogen) atoms. The quantitative estimate of drug-likeness (QED) is 0.321. The normalized spacial score (nSPS) is 24.5. The minimum absolute atomic E-state index is 0.0262. The van der Waals surface area contributed by atoms with Crippen molar-refractivity contribution in [2.45, 2.75) is 56.3 Å². The fraction of sp³-hybridized carbons (Fsp3) is 0.419. The summed E-state index contributed by atoms with van der Waals surface area (Å²) in [5.74, 6) is 0.167. The number of piperazine rings is 1. The molecule has 3 heterocycles. The van der Waals surface area contributed by atoms with E-state index in [9.17, 15) is 5.11 Å². The minimum atomic E-state index is -0.539. The van der Waals surface area contributed by atoms with Gasteiger partial charge in [0.2, 0.25) is 0 Å². The van der Waals surface area contributed by atoms with E-state index in [2.05, 4.69) is 34.2 Å². The van der Waals surface area contributed by atoms with Crippen molar-refractivity contribution < 1.29 is 14.2 Å². The van der Waals surface area contributed by atoms with E-state index in [0.29, 0.717) is 34.9 Å². The van der Waals surface area contributed by atoms with Gasteiger partial charge in [-0.05, 0) is 80.7 Å². The largest absolute Gasteiger partial charge is 0.508 e. The van der Waals surface area contributed by atoms with Crippen LogP contribution in [0.25, 0.3) is 32.8 Å². The van der Waals surface area contributed by atoms with E-state index in [1.54, 1.807) is 18.2 Å². The van der Waals surface area contributed by atoms with Crippen molar-refractivity contribution in [3.8, 4) is 22.9 Å². The summed E-state index contributed by atoms with van der Waals surface area (Å²) in [7, 11) is 4.17. The Labute approximate surface area is 237 Å². The molecule has 7 rings (SSSR count). The SMILES string of the molecule is CN(C)[C@H]1CC[C@H](Oc2nc(N3CC4CCC(C3)N4)c3cc(Cl)c(-c4cc(O)cc5ccccc45)c(F)c3n2)C1. The molecule has 3 aromatic carbocycles. The topological polar surface area (TPSA) is 73.8 Å². The number of fused-ring (bicyclic) bond motifs is 4. The van der Waals surface area contributed by atoms with E-state index in [0.717, 1.165) is 56.0 Å². The lowest BCUT2D eigenvalue weighted by atomic mass is 9.96. The molecule has 1 saturated carbocycles. The molecule has 3 fully saturated rings. The molecule has 2 N–H and O–H groups in total. The Morgan fingerprint density at radius 1 is 1.02 bits per heavy atom.